The summed E-state index contributed by atoms with van der Waals surface area (Å²) in [5.41, 5.74) is 12.7. The summed E-state index contributed by atoms with van der Waals surface area (Å²) >= 11 is 0. The number of nitrogens with zero attached hydrogens (tertiary/aromatic N) is 1. The molecular weight excluding hydrogens is 266 g/mol. The van der Waals surface area contributed by atoms with Crippen molar-refractivity contribution in [3.8, 4) is 5.75 Å². The maximum Gasteiger partial charge on any atom is 0.220 e. The lowest BCUT2D eigenvalue weighted by molar-refractivity contribution is -0.123. The Morgan fingerprint density at radius 1 is 1.38 bits per heavy atom. The number of primary amides is 1. The summed E-state index contributed by atoms with van der Waals surface area (Å²) < 4.78 is 5.64. The molecule has 4 N–H and O–H groups in total. The molecule has 1 heterocycles. The Morgan fingerprint density at radius 2 is 2.05 bits per heavy atom. The summed E-state index contributed by atoms with van der Waals surface area (Å²) in [4.78, 5) is 13.5. The standard InChI is InChI=1S/C16H25N3O2/c1-2-21-15-6-4-3-5-13(15)14(17)11-19-9-7-12(8-10-19)16(18)20/h3-6,12,14H,2,7-11,17H2,1H3,(H2,18,20). The van der Waals surface area contributed by atoms with Crippen molar-refractivity contribution < 1.29 is 9.53 Å². The molecule has 0 saturated carbocycles. The highest BCUT2D eigenvalue weighted by molar-refractivity contribution is 5.76. The number of ether oxygens (including phenoxy) is 1. The van der Waals surface area contributed by atoms with Gasteiger partial charge in [0.1, 0.15) is 5.75 Å². The number of hydrogen-bond acceptors (Lipinski definition) is 4. The molecule has 1 amide bonds. The van der Waals surface area contributed by atoms with Crippen molar-refractivity contribution in [1.29, 1.82) is 0 Å². The summed E-state index contributed by atoms with van der Waals surface area (Å²) in [6.07, 6.45) is 1.66. The number of hydrogen-bond donors (Lipinski definition) is 2. The number of para-hydroxylation sites is 1. The molecule has 5 heteroatoms. The van der Waals surface area contributed by atoms with E-state index in [1.165, 1.54) is 0 Å². The van der Waals surface area contributed by atoms with Crippen LogP contribution in [0.4, 0.5) is 0 Å². The van der Waals surface area contributed by atoms with Crippen LogP contribution in [-0.2, 0) is 4.79 Å². The van der Waals surface area contributed by atoms with Crippen LogP contribution in [0.25, 0.3) is 0 Å². The van der Waals surface area contributed by atoms with E-state index in [1.54, 1.807) is 0 Å². The fourth-order valence-electron chi connectivity index (χ4n) is 2.85. The molecule has 1 saturated heterocycles. The highest BCUT2D eigenvalue weighted by Gasteiger charge is 2.24. The second kappa shape index (κ2) is 7.43. The largest absolute Gasteiger partial charge is 0.494 e. The summed E-state index contributed by atoms with van der Waals surface area (Å²) in [6.45, 7) is 5.12. The van der Waals surface area contributed by atoms with Gasteiger partial charge in [-0.15, -0.1) is 0 Å². The molecule has 0 radical (unpaired) electrons. The van der Waals surface area contributed by atoms with Crippen molar-refractivity contribution >= 4 is 5.91 Å². The van der Waals surface area contributed by atoms with Crippen LogP contribution >= 0.6 is 0 Å². The van der Waals surface area contributed by atoms with Gasteiger partial charge in [-0.05, 0) is 38.9 Å². The first kappa shape index (κ1) is 15.8. The first-order valence-corrected chi connectivity index (χ1v) is 7.60. The summed E-state index contributed by atoms with van der Waals surface area (Å²) in [5, 5.41) is 0. The number of carbonyl (C=O) groups is 1. The second-order valence-electron chi connectivity index (χ2n) is 5.55. The van der Waals surface area contributed by atoms with Gasteiger partial charge in [0.15, 0.2) is 0 Å². The highest BCUT2D eigenvalue weighted by Crippen LogP contribution is 2.25. The van der Waals surface area contributed by atoms with E-state index in [-0.39, 0.29) is 17.9 Å². The van der Waals surface area contributed by atoms with Crippen LogP contribution in [0.5, 0.6) is 5.75 Å². The smallest absolute Gasteiger partial charge is 0.220 e. The maximum absolute atomic E-state index is 11.2. The van der Waals surface area contributed by atoms with Crippen molar-refractivity contribution in [3.05, 3.63) is 29.8 Å². The molecule has 0 bridgehead atoms. The van der Waals surface area contributed by atoms with Gasteiger partial charge in [0.05, 0.1) is 6.61 Å². The van der Waals surface area contributed by atoms with E-state index in [0.717, 1.165) is 43.8 Å². The van der Waals surface area contributed by atoms with Crippen LogP contribution < -0.4 is 16.2 Å². The van der Waals surface area contributed by atoms with E-state index in [4.69, 9.17) is 16.2 Å². The minimum atomic E-state index is -0.180. The Balaban J connectivity index is 1.93. The van der Waals surface area contributed by atoms with E-state index in [2.05, 4.69) is 4.90 Å². The molecule has 5 nitrogen and oxygen atoms in total. The fourth-order valence-corrected chi connectivity index (χ4v) is 2.85. The van der Waals surface area contributed by atoms with Gasteiger partial charge < -0.3 is 21.1 Å². The van der Waals surface area contributed by atoms with Crippen molar-refractivity contribution in [2.75, 3.05) is 26.2 Å². The number of amides is 1. The van der Waals surface area contributed by atoms with Crippen LogP contribution in [0.15, 0.2) is 24.3 Å². The first-order valence-electron chi connectivity index (χ1n) is 7.60. The number of piperidine rings is 1. The zero-order valence-corrected chi connectivity index (χ0v) is 12.6. The van der Waals surface area contributed by atoms with E-state index in [9.17, 15) is 4.79 Å². The topological polar surface area (TPSA) is 81.6 Å². The molecule has 0 aliphatic carbocycles. The highest BCUT2D eigenvalue weighted by atomic mass is 16.5. The van der Waals surface area contributed by atoms with Crippen molar-refractivity contribution in [2.45, 2.75) is 25.8 Å². The van der Waals surface area contributed by atoms with Crippen molar-refractivity contribution in [2.24, 2.45) is 17.4 Å². The van der Waals surface area contributed by atoms with E-state index in [1.807, 2.05) is 31.2 Å². The van der Waals surface area contributed by atoms with Gasteiger partial charge in [-0.1, -0.05) is 18.2 Å². The number of rotatable bonds is 6. The Labute approximate surface area is 126 Å². The molecule has 1 atom stereocenters. The third kappa shape index (κ3) is 4.19. The van der Waals surface area contributed by atoms with Gasteiger partial charge in [-0.3, -0.25) is 4.79 Å². The molecule has 1 unspecified atom stereocenters. The fraction of sp³-hybridized carbons (Fsp3) is 0.562. The number of nitrogens with two attached hydrogens (primary N) is 2. The van der Waals surface area contributed by atoms with Crippen molar-refractivity contribution in [3.63, 3.8) is 0 Å². The average molecular weight is 291 g/mol. The van der Waals surface area contributed by atoms with Crippen LogP contribution in [-0.4, -0.2) is 37.0 Å². The molecule has 116 valence electrons. The maximum atomic E-state index is 11.2. The molecule has 1 aromatic rings. The SMILES string of the molecule is CCOc1ccccc1C(N)CN1CCC(C(N)=O)CC1. The van der Waals surface area contributed by atoms with Gasteiger partial charge in [0, 0.05) is 24.1 Å². The summed E-state index contributed by atoms with van der Waals surface area (Å²) in [7, 11) is 0. The lowest BCUT2D eigenvalue weighted by atomic mass is 9.95. The molecule has 2 rings (SSSR count). The minimum absolute atomic E-state index is 0.0215. The number of benzene rings is 1. The molecule has 21 heavy (non-hydrogen) atoms. The van der Waals surface area contributed by atoms with Crippen LogP contribution in [0.1, 0.15) is 31.4 Å². The quantitative estimate of drug-likeness (QED) is 0.827. The first-order chi connectivity index (χ1) is 10.1. The second-order valence-corrected chi connectivity index (χ2v) is 5.55. The van der Waals surface area contributed by atoms with Gasteiger partial charge >= 0.3 is 0 Å². The van der Waals surface area contributed by atoms with Crippen LogP contribution in [0.3, 0.4) is 0 Å². The molecule has 1 aliphatic heterocycles. The Hall–Kier alpha value is -1.59. The number of likely N-dealkylation sites (tertiary alicyclic amines) is 1. The van der Waals surface area contributed by atoms with Gasteiger partial charge in [0.25, 0.3) is 0 Å². The Morgan fingerprint density at radius 3 is 2.67 bits per heavy atom. The van der Waals surface area contributed by atoms with E-state index < -0.39 is 0 Å². The molecule has 1 fully saturated rings. The average Bonchev–Trinajstić information content (AvgIpc) is 2.48. The summed E-state index contributed by atoms with van der Waals surface area (Å²) in [5.74, 6) is 0.702. The third-order valence-corrected chi connectivity index (χ3v) is 4.06. The van der Waals surface area contributed by atoms with Crippen LogP contribution in [0, 0.1) is 5.92 Å². The molecule has 0 aromatic heterocycles. The summed E-state index contributed by atoms with van der Waals surface area (Å²) in [6, 6.07) is 7.83. The molecule has 1 aromatic carbocycles. The van der Waals surface area contributed by atoms with Crippen molar-refractivity contribution in [1.82, 2.24) is 4.90 Å². The van der Waals surface area contributed by atoms with Gasteiger partial charge in [0.2, 0.25) is 5.91 Å². The molecular formula is C16H25N3O2. The molecule has 1 aliphatic rings. The third-order valence-electron chi connectivity index (χ3n) is 4.06. The van der Waals surface area contributed by atoms with Crippen LogP contribution in [0.2, 0.25) is 0 Å². The monoisotopic (exact) mass is 291 g/mol. The predicted octanol–water partition coefficient (Wildman–Crippen LogP) is 1.28. The van der Waals surface area contributed by atoms with E-state index in [0.29, 0.717) is 6.61 Å². The Kier molecular flexibility index (Phi) is 5.59. The lowest BCUT2D eigenvalue weighted by Crippen LogP contribution is -2.41. The molecule has 0 spiro atoms. The minimum Gasteiger partial charge on any atom is -0.494 e. The zero-order valence-electron chi connectivity index (χ0n) is 12.6. The van der Waals surface area contributed by atoms with Gasteiger partial charge in [-0.25, -0.2) is 0 Å². The zero-order chi connectivity index (χ0) is 15.2. The van der Waals surface area contributed by atoms with Gasteiger partial charge in [-0.2, -0.15) is 0 Å². The van der Waals surface area contributed by atoms with E-state index >= 15 is 0 Å². The predicted molar refractivity (Wildman–Crippen MR) is 82.9 cm³/mol. The number of carbonyl (C=O) groups excluding carboxylic acids is 1. The normalized spacial score (nSPS) is 18.4. The lowest BCUT2D eigenvalue weighted by Gasteiger charge is -2.32. The Bertz CT molecular complexity index is 470.